The first-order valence-electron chi connectivity index (χ1n) is 5.52. The summed E-state index contributed by atoms with van der Waals surface area (Å²) in [7, 11) is 0. The number of aromatic amines is 1. The maximum absolute atomic E-state index is 11.3. The van der Waals surface area contributed by atoms with Gasteiger partial charge in [-0.25, -0.2) is 0 Å². The second kappa shape index (κ2) is 3.63. The Morgan fingerprint density at radius 3 is 2.59 bits per heavy atom. The number of fused-ring (bicyclic) bond motifs is 1. The fourth-order valence-corrected chi connectivity index (χ4v) is 2.14. The number of nitrogens with zero attached hydrogens (tertiary/aromatic N) is 1. The molecule has 17 heavy (non-hydrogen) atoms. The average molecular weight is 224 g/mol. The van der Waals surface area contributed by atoms with Gasteiger partial charge in [-0.05, 0) is 18.4 Å². The molecule has 0 fully saturated rings. The molecule has 0 saturated heterocycles. The van der Waals surface area contributed by atoms with Gasteiger partial charge in [0.05, 0.1) is 5.69 Å². The number of nitrogens with one attached hydrogen (secondary N) is 1. The van der Waals surface area contributed by atoms with Crippen molar-refractivity contribution < 1.29 is 0 Å². The predicted molar refractivity (Wildman–Crippen MR) is 68.6 cm³/mol. The van der Waals surface area contributed by atoms with Crippen LogP contribution in [0.4, 0.5) is 0 Å². The van der Waals surface area contributed by atoms with Crippen molar-refractivity contribution in [3.8, 4) is 5.69 Å². The number of H-pyrrole nitrogens is 1. The minimum Gasteiger partial charge on any atom is -0.268 e. The number of aromatic nitrogens is 2. The molecular formula is C14H12N2O. The van der Waals surface area contributed by atoms with E-state index in [0.29, 0.717) is 0 Å². The van der Waals surface area contributed by atoms with Crippen LogP contribution >= 0.6 is 0 Å². The molecule has 1 N–H and O–H groups in total. The zero-order valence-corrected chi connectivity index (χ0v) is 9.47. The fourth-order valence-electron chi connectivity index (χ4n) is 2.14. The summed E-state index contributed by atoms with van der Waals surface area (Å²) in [4.78, 5) is 11.3. The minimum atomic E-state index is -0.0737. The summed E-state index contributed by atoms with van der Waals surface area (Å²) in [5.74, 6) is 0. The molecule has 0 bridgehead atoms. The normalized spacial score (nSPS) is 10.9. The highest BCUT2D eigenvalue weighted by molar-refractivity contribution is 5.90. The van der Waals surface area contributed by atoms with E-state index in [1.807, 2.05) is 35.9 Å². The van der Waals surface area contributed by atoms with Crippen LogP contribution in [0.15, 0.2) is 53.3 Å². The third kappa shape index (κ3) is 1.56. The Balaban J connectivity index is 2.38. The molecule has 0 spiro atoms. The monoisotopic (exact) mass is 224 g/mol. The second-order valence-corrected chi connectivity index (χ2v) is 4.10. The van der Waals surface area contributed by atoms with Gasteiger partial charge in [0.1, 0.15) is 0 Å². The lowest BCUT2D eigenvalue weighted by Crippen LogP contribution is -2.04. The zero-order valence-electron chi connectivity index (χ0n) is 9.47. The van der Waals surface area contributed by atoms with Crippen LogP contribution in [-0.2, 0) is 0 Å². The van der Waals surface area contributed by atoms with Crippen LogP contribution in [0.25, 0.3) is 16.5 Å². The molecule has 0 aliphatic heterocycles. The fraction of sp³-hybridized carbons (Fsp3) is 0.0714. The largest absolute Gasteiger partial charge is 0.268 e. The highest BCUT2D eigenvalue weighted by Crippen LogP contribution is 2.21. The standard InChI is InChI=1S/C14H12N2O/c1-10-9-14(17)15-16(10)13-8-4-6-11-5-2-3-7-12(11)13/h2-9H,1H3,(H,15,17). The summed E-state index contributed by atoms with van der Waals surface area (Å²) in [6.45, 7) is 1.92. The minimum absolute atomic E-state index is 0.0737. The average Bonchev–Trinajstić information content (AvgIpc) is 2.68. The molecule has 84 valence electrons. The van der Waals surface area contributed by atoms with E-state index in [4.69, 9.17) is 0 Å². The van der Waals surface area contributed by atoms with Gasteiger partial charge in [-0.15, -0.1) is 0 Å². The van der Waals surface area contributed by atoms with Crippen molar-refractivity contribution >= 4 is 10.8 Å². The molecule has 3 nitrogen and oxygen atoms in total. The lowest BCUT2D eigenvalue weighted by molar-refractivity contribution is 0.840. The van der Waals surface area contributed by atoms with Crippen molar-refractivity contribution in [2.75, 3.05) is 0 Å². The summed E-state index contributed by atoms with van der Waals surface area (Å²) in [6, 6.07) is 15.8. The number of rotatable bonds is 1. The summed E-state index contributed by atoms with van der Waals surface area (Å²) in [5, 5.41) is 5.11. The van der Waals surface area contributed by atoms with Crippen LogP contribution in [-0.4, -0.2) is 9.78 Å². The molecule has 3 aromatic rings. The van der Waals surface area contributed by atoms with Crippen LogP contribution in [0.2, 0.25) is 0 Å². The van der Waals surface area contributed by atoms with Gasteiger partial charge in [-0.3, -0.25) is 14.6 Å². The maximum atomic E-state index is 11.3. The maximum Gasteiger partial charge on any atom is 0.264 e. The molecule has 0 aliphatic rings. The van der Waals surface area contributed by atoms with E-state index in [-0.39, 0.29) is 5.56 Å². The highest BCUT2D eigenvalue weighted by Gasteiger charge is 2.05. The molecule has 0 unspecified atom stereocenters. The zero-order chi connectivity index (χ0) is 11.8. The van der Waals surface area contributed by atoms with Crippen molar-refractivity contribution in [1.82, 2.24) is 9.78 Å². The Bertz CT molecular complexity index is 732. The quantitative estimate of drug-likeness (QED) is 0.678. The molecule has 2 aromatic carbocycles. The lowest BCUT2D eigenvalue weighted by Gasteiger charge is -2.09. The van der Waals surface area contributed by atoms with Crippen molar-refractivity contribution in [3.63, 3.8) is 0 Å². The molecule has 0 aliphatic carbocycles. The number of hydrogen-bond acceptors (Lipinski definition) is 1. The van der Waals surface area contributed by atoms with Gasteiger partial charge < -0.3 is 0 Å². The summed E-state index contributed by atoms with van der Waals surface area (Å²) in [5.41, 5.74) is 1.84. The van der Waals surface area contributed by atoms with Crippen molar-refractivity contribution in [2.24, 2.45) is 0 Å². The molecule has 0 saturated carbocycles. The Morgan fingerprint density at radius 2 is 1.82 bits per heavy atom. The van der Waals surface area contributed by atoms with Crippen molar-refractivity contribution in [2.45, 2.75) is 6.92 Å². The number of hydrogen-bond donors (Lipinski definition) is 1. The first-order valence-corrected chi connectivity index (χ1v) is 5.52. The molecular weight excluding hydrogens is 212 g/mol. The van der Waals surface area contributed by atoms with Gasteiger partial charge in [-0.1, -0.05) is 36.4 Å². The van der Waals surface area contributed by atoms with E-state index in [1.165, 1.54) is 5.39 Å². The van der Waals surface area contributed by atoms with Crippen LogP contribution in [0.5, 0.6) is 0 Å². The number of benzene rings is 2. The van der Waals surface area contributed by atoms with Crippen molar-refractivity contribution in [3.05, 3.63) is 64.6 Å². The van der Waals surface area contributed by atoms with E-state index >= 15 is 0 Å². The Morgan fingerprint density at radius 1 is 1.06 bits per heavy atom. The molecule has 3 rings (SSSR count). The Labute approximate surface area is 98.3 Å². The Kier molecular flexibility index (Phi) is 2.11. The van der Waals surface area contributed by atoms with E-state index in [2.05, 4.69) is 23.3 Å². The van der Waals surface area contributed by atoms with E-state index in [0.717, 1.165) is 16.8 Å². The lowest BCUT2D eigenvalue weighted by atomic mass is 10.1. The van der Waals surface area contributed by atoms with Crippen molar-refractivity contribution in [1.29, 1.82) is 0 Å². The second-order valence-electron chi connectivity index (χ2n) is 4.10. The molecule has 0 amide bonds. The van der Waals surface area contributed by atoms with Crippen LogP contribution < -0.4 is 5.56 Å². The molecule has 3 heteroatoms. The number of aryl methyl sites for hydroxylation is 1. The summed E-state index contributed by atoms with van der Waals surface area (Å²) < 4.78 is 1.82. The Hall–Kier alpha value is -2.29. The SMILES string of the molecule is Cc1cc(=O)[nH]n1-c1cccc2ccccc12. The molecule has 1 aromatic heterocycles. The van der Waals surface area contributed by atoms with Gasteiger partial charge in [-0.2, -0.15) is 0 Å². The van der Waals surface area contributed by atoms with Gasteiger partial charge in [0.25, 0.3) is 5.56 Å². The summed E-state index contributed by atoms with van der Waals surface area (Å²) in [6.07, 6.45) is 0. The molecule has 0 atom stereocenters. The van der Waals surface area contributed by atoms with Crippen LogP contribution in [0.1, 0.15) is 5.69 Å². The summed E-state index contributed by atoms with van der Waals surface area (Å²) >= 11 is 0. The van der Waals surface area contributed by atoms with Crippen LogP contribution in [0.3, 0.4) is 0 Å². The first kappa shape index (κ1) is 9.90. The highest BCUT2D eigenvalue weighted by atomic mass is 16.1. The van der Waals surface area contributed by atoms with E-state index in [9.17, 15) is 4.79 Å². The third-order valence-electron chi connectivity index (χ3n) is 2.92. The topological polar surface area (TPSA) is 37.8 Å². The van der Waals surface area contributed by atoms with E-state index in [1.54, 1.807) is 6.07 Å². The van der Waals surface area contributed by atoms with Gasteiger partial charge >= 0.3 is 0 Å². The van der Waals surface area contributed by atoms with Crippen LogP contribution in [0, 0.1) is 6.92 Å². The molecule has 0 radical (unpaired) electrons. The van der Waals surface area contributed by atoms with Gasteiger partial charge in [0, 0.05) is 17.1 Å². The first-order chi connectivity index (χ1) is 8.25. The van der Waals surface area contributed by atoms with Gasteiger partial charge in [0.2, 0.25) is 0 Å². The molecule has 1 heterocycles. The predicted octanol–water partition coefficient (Wildman–Crippen LogP) is 2.63. The van der Waals surface area contributed by atoms with Gasteiger partial charge in [0.15, 0.2) is 0 Å². The van der Waals surface area contributed by atoms with E-state index < -0.39 is 0 Å². The smallest absolute Gasteiger partial charge is 0.264 e. The third-order valence-corrected chi connectivity index (χ3v) is 2.92.